The molecule has 0 aromatic heterocycles. The lowest BCUT2D eigenvalue weighted by Gasteiger charge is -2.23. The first kappa shape index (κ1) is 20.9. The topological polar surface area (TPSA) is 12.5 Å². The third-order valence-corrected chi connectivity index (χ3v) is 4.91. The highest BCUT2D eigenvalue weighted by atomic mass is 19.4. The predicted molar refractivity (Wildman–Crippen MR) is 105 cm³/mol. The Morgan fingerprint density at radius 1 is 1.11 bits per heavy atom. The largest absolute Gasteiger partial charge is 0.573 e. The summed E-state index contributed by atoms with van der Waals surface area (Å²) in [5.41, 5.74) is 5.17. The first-order valence-electron chi connectivity index (χ1n) is 9.06. The molecule has 0 atom stereocenters. The van der Waals surface area contributed by atoms with Gasteiger partial charge in [0.05, 0.1) is 0 Å². The number of alkyl halides is 3. The zero-order valence-corrected chi connectivity index (χ0v) is 16.2. The maximum Gasteiger partial charge on any atom is 0.573 e. The fourth-order valence-corrected chi connectivity index (χ4v) is 3.32. The molecule has 2 nitrogen and oxygen atoms in total. The van der Waals surface area contributed by atoms with Gasteiger partial charge in [0.2, 0.25) is 0 Å². The lowest BCUT2D eigenvalue weighted by molar-refractivity contribution is -0.274. The SMILES string of the molecule is C=CN(C)c1cc(C(CC)CC)cc(-c2ccc(OC(F)(F)F)cc2)c1C. The molecule has 5 heteroatoms. The molecular formula is C22H26F3NO. The summed E-state index contributed by atoms with van der Waals surface area (Å²) >= 11 is 0. The van der Waals surface area contributed by atoms with Crippen molar-refractivity contribution in [2.24, 2.45) is 0 Å². The number of benzene rings is 2. The number of hydrogen-bond donors (Lipinski definition) is 0. The van der Waals surface area contributed by atoms with Crippen LogP contribution >= 0.6 is 0 Å². The maximum atomic E-state index is 12.4. The molecule has 2 aromatic carbocycles. The van der Waals surface area contributed by atoms with Gasteiger partial charge in [0.15, 0.2) is 0 Å². The van der Waals surface area contributed by atoms with E-state index in [1.165, 1.54) is 17.7 Å². The van der Waals surface area contributed by atoms with Crippen LogP contribution in [0.1, 0.15) is 43.7 Å². The van der Waals surface area contributed by atoms with Crippen LogP contribution in [0.3, 0.4) is 0 Å². The van der Waals surface area contributed by atoms with Crippen LogP contribution in [0.2, 0.25) is 0 Å². The molecule has 0 spiro atoms. The minimum Gasteiger partial charge on any atom is -0.406 e. The Balaban J connectivity index is 2.54. The van der Waals surface area contributed by atoms with Crippen molar-refractivity contribution in [3.63, 3.8) is 0 Å². The molecule has 0 aliphatic carbocycles. The quantitative estimate of drug-likeness (QED) is 0.513. The fourth-order valence-electron chi connectivity index (χ4n) is 3.32. The number of hydrogen-bond acceptors (Lipinski definition) is 2. The van der Waals surface area contributed by atoms with Crippen molar-refractivity contribution in [1.29, 1.82) is 0 Å². The summed E-state index contributed by atoms with van der Waals surface area (Å²) in [6.07, 6.45) is -0.890. The van der Waals surface area contributed by atoms with Gasteiger partial charge in [0.1, 0.15) is 5.75 Å². The monoisotopic (exact) mass is 377 g/mol. The van der Waals surface area contributed by atoms with Gasteiger partial charge in [-0.25, -0.2) is 0 Å². The normalized spacial score (nSPS) is 11.6. The number of halogens is 3. The summed E-state index contributed by atoms with van der Waals surface area (Å²) < 4.78 is 41.2. The minimum absolute atomic E-state index is 0.219. The molecule has 0 N–H and O–H groups in total. The molecule has 0 aliphatic heterocycles. The zero-order valence-electron chi connectivity index (χ0n) is 16.2. The average Bonchev–Trinajstić information content (AvgIpc) is 2.62. The van der Waals surface area contributed by atoms with Crippen molar-refractivity contribution in [3.8, 4) is 16.9 Å². The van der Waals surface area contributed by atoms with Crippen LogP contribution in [-0.4, -0.2) is 13.4 Å². The molecule has 0 saturated carbocycles. The second-order valence-corrected chi connectivity index (χ2v) is 6.59. The second-order valence-electron chi connectivity index (χ2n) is 6.59. The molecule has 0 radical (unpaired) electrons. The van der Waals surface area contributed by atoms with E-state index in [0.717, 1.165) is 35.2 Å². The predicted octanol–water partition coefficient (Wildman–Crippen LogP) is 7.04. The van der Waals surface area contributed by atoms with E-state index in [9.17, 15) is 13.2 Å². The highest BCUT2D eigenvalue weighted by molar-refractivity contribution is 5.76. The molecule has 27 heavy (non-hydrogen) atoms. The molecule has 0 fully saturated rings. The van der Waals surface area contributed by atoms with Crippen molar-refractivity contribution in [2.75, 3.05) is 11.9 Å². The van der Waals surface area contributed by atoms with Gasteiger partial charge < -0.3 is 9.64 Å². The highest BCUT2D eigenvalue weighted by Gasteiger charge is 2.31. The van der Waals surface area contributed by atoms with Gasteiger partial charge in [-0.1, -0.05) is 38.6 Å². The number of rotatable bonds is 7. The summed E-state index contributed by atoms with van der Waals surface area (Å²) in [7, 11) is 1.94. The van der Waals surface area contributed by atoms with Gasteiger partial charge in [-0.2, -0.15) is 0 Å². The van der Waals surface area contributed by atoms with Gasteiger partial charge in [-0.15, -0.1) is 13.2 Å². The Morgan fingerprint density at radius 2 is 1.70 bits per heavy atom. The highest BCUT2D eigenvalue weighted by Crippen LogP contribution is 2.37. The molecule has 0 saturated heterocycles. The first-order valence-corrected chi connectivity index (χ1v) is 9.06. The van der Waals surface area contributed by atoms with Gasteiger partial charge >= 0.3 is 6.36 Å². The summed E-state index contributed by atoms with van der Waals surface area (Å²) in [6.45, 7) is 10.2. The maximum absolute atomic E-state index is 12.4. The van der Waals surface area contributed by atoms with E-state index in [1.807, 2.05) is 18.9 Å². The minimum atomic E-state index is -4.69. The van der Waals surface area contributed by atoms with Crippen LogP contribution < -0.4 is 9.64 Å². The smallest absolute Gasteiger partial charge is 0.406 e. The summed E-state index contributed by atoms with van der Waals surface area (Å²) in [6, 6.07) is 10.4. The van der Waals surface area contributed by atoms with Crippen LogP contribution in [-0.2, 0) is 0 Å². The van der Waals surface area contributed by atoms with Gasteiger partial charge in [0.25, 0.3) is 0 Å². The van der Waals surface area contributed by atoms with Crippen molar-refractivity contribution in [1.82, 2.24) is 0 Å². The van der Waals surface area contributed by atoms with E-state index in [4.69, 9.17) is 0 Å². The zero-order chi connectivity index (χ0) is 20.2. The van der Waals surface area contributed by atoms with Crippen molar-refractivity contribution in [3.05, 3.63) is 60.3 Å². The van der Waals surface area contributed by atoms with Crippen LogP contribution in [0.25, 0.3) is 11.1 Å². The molecule has 0 amide bonds. The second kappa shape index (κ2) is 8.51. The van der Waals surface area contributed by atoms with Gasteiger partial charge in [-0.05, 0) is 72.3 Å². The lowest BCUT2D eigenvalue weighted by Crippen LogP contribution is -2.16. The van der Waals surface area contributed by atoms with Crippen molar-refractivity contribution >= 4 is 5.69 Å². The number of anilines is 1. The van der Waals surface area contributed by atoms with E-state index in [1.54, 1.807) is 18.3 Å². The Morgan fingerprint density at radius 3 is 2.19 bits per heavy atom. The van der Waals surface area contributed by atoms with E-state index in [-0.39, 0.29) is 5.75 Å². The van der Waals surface area contributed by atoms with Crippen LogP contribution in [0.4, 0.5) is 18.9 Å². The van der Waals surface area contributed by atoms with E-state index < -0.39 is 6.36 Å². The summed E-state index contributed by atoms with van der Waals surface area (Å²) in [5.74, 6) is 0.206. The molecule has 0 heterocycles. The molecule has 2 aromatic rings. The molecule has 0 unspecified atom stereocenters. The average molecular weight is 377 g/mol. The van der Waals surface area contributed by atoms with E-state index in [2.05, 4.69) is 37.3 Å². The Labute approximate surface area is 159 Å². The molecular weight excluding hydrogens is 351 g/mol. The third kappa shape index (κ3) is 5.06. The van der Waals surface area contributed by atoms with Gasteiger partial charge in [0, 0.05) is 12.7 Å². The van der Waals surface area contributed by atoms with Crippen molar-refractivity contribution < 1.29 is 17.9 Å². The number of ether oxygens (including phenoxy) is 1. The standard InChI is InChI=1S/C22H26F3NO/c1-6-16(7-2)18-13-20(15(4)21(14-18)26(5)8-3)17-9-11-19(12-10-17)27-22(23,24)25/h8-14,16H,3,6-7H2,1-2,4-5H3. The van der Waals surface area contributed by atoms with Gasteiger partial charge in [-0.3, -0.25) is 0 Å². The molecule has 146 valence electrons. The lowest BCUT2D eigenvalue weighted by atomic mass is 9.88. The molecule has 0 aliphatic rings. The van der Waals surface area contributed by atoms with Crippen molar-refractivity contribution in [2.45, 2.75) is 45.9 Å². The third-order valence-electron chi connectivity index (χ3n) is 4.91. The first-order chi connectivity index (χ1) is 12.7. The Kier molecular flexibility index (Phi) is 6.58. The van der Waals surface area contributed by atoms with Crippen LogP contribution in [0.5, 0.6) is 5.75 Å². The fraction of sp³-hybridized carbons (Fsp3) is 0.364. The van der Waals surface area contributed by atoms with Crippen LogP contribution in [0, 0.1) is 6.92 Å². The molecule has 0 bridgehead atoms. The number of nitrogens with zero attached hydrogens (tertiary/aromatic N) is 1. The Bertz CT molecular complexity index is 777. The molecule has 2 rings (SSSR count). The van der Waals surface area contributed by atoms with E-state index in [0.29, 0.717) is 5.92 Å². The summed E-state index contributed by atoms with van der Waals surface area (Å²) in [4.78, 5) is 1.96. The Hall–Kier alpha value is -2.43. The van der Waals surface area contributed by atoms with Crippen LogP contribution in [0.15, 0.2) is 49.2 Å². The summed E-state index contributed by atoms with van der Waals surface area (Å²) in [5, 5.41) is 0. The van der Waals surface area contributed by atoms with E-state index >= 15 is 0 Å².